The number of hydrogen-bond acceptors (Lipinski definition) is 4. The quantitative estimate of drug-likeness (QED) is 0.616. The fraction of sp³-hybridized carbons (Fsp3) is 0.533. The molecule has 0 atom stereocenters. The van der Waals surface area contributed by atoms with Crippen molar-refractivity contribution in [3.63, 3.8) is 0 Å². The van der Waals surface area contributed by atoms with Crippen molar-refractivity contribution >= 4 is 17.3 Å². The van der Waals surface area contributed by atoms with Crippen molar-refractivity contribution in [2.75, 3.05) is 18.0 Å². The van der Waals surface area contributed by atoms with Gasteiger partial charge in [0.2, 0.25) is 0 Å². The molecule has 6 heteroatoms. The topological polar surface area (TPSA) is 83.7 Å². The van der Waals surface area contributed by atoms with Crippen molar-refractivity contribution in [3.8, 4) is 0 Å². The van der Waals surface area contributed by atoms with E-state index in [1.807, 2.05) is 6.92 Å². The standard InChI is InChI=1S/C15H20N2O4/c1-3-6-16(9-11-4-5-11)13-7-12(15(18)19)8-14(10(13)2)17(20)21/h7-8,11H,3-6,9H2,1-2H3,(H,18,19). The summed E-state index contributed by atoms with van der Waals surface area (Å²) < 4.78 is 0. The van der Waals surface area contributed by atoms with Gasteiger partial charge in [0.15, 0.2) is 0 Å². The third kappa shape index (κ3) is 3.51. The summed E-state index contributed by atoms with van der Waals surface area (Å²) in [6.07, 6.45) is 3.28. The van der Waals surface area contributed by atoms with Crippen molar-refractivity contribution in [2.45, 2.75) is 33.1 Å². The fourth-order valence-electron chi connectivity index (χ4n) is 2.52. The van der Waals surface area contributed by atoms with Gasteiger partial charge in [0, 0.05) is 24.8 Å². The largest absolute Gasteiger partial charge is 0.478 e. The maximum absolute atomic E-state index is 11.2. The zero-order valence-corrected chi connectivity index (χ0v) is 12.3. The third-order valence-corrected chi connectivity index (χ3v) is 3.81. The van der Waals surface area contributed by atoms with Crippen molar-refractivity contribution in [1.29, 1.82) is 0 Å². The average Bonchev–Trinajstić information content (AvgIpc) is 3.22. The fourth-order valence-corrected chi connectivity index (χ4v) is 2.52. The highest BCUT2D eigenvalue weighted by molar-refractivity contribution is 5.90. The van der Waals surface area contributed by atoms with Crippen LogP contribution in [0.1, 0.15) is 42.1 Å². The van der Waals surface area contributed by atoms with Crippen LogP contribution in [0.15, 0.2) is 12.1 Å². The summed E-state index contributed by atoms with van der Waals surface area (Å²) in [4.78, 5) is 24.0. The van der Waals surface area contributed by atoms with Crippen LogP contribution in [0.5, 0.6) is 0 Å². The first-order chi connectivity index (χ1) is 9.93. The van der Waals surface area contributed by atoms with Crippen LogP contribution < -0.4 is 4.90 Å². The van der Waals surface area contributed by atoms with Gasteiger partial charge in [-0.2, -0.15) is 0 Å². The van der Waals surface area contributed by atoms with E-state index in [0.717, 1.165) is 25.6 Å². The van der Waals surface area contributed by atoms with E-state index in [-0.39, 0.29) is 11.3 Å². The van der Waals surface area contributed by atoms with E-state index >= 15 is 0 Å². The zero-order chi connectivity index (χ0) is 15.6. The highest BCUT2D eigenvalue weighted by atomic mass is 16.6. The number of hydrogen-bond donors (Lipinski definition) is 1. The second-order valence-electron chi connectivity index (χ2n) is 5.59. The molecule has 21 heavy (non-hydrogen) atoms. The molecule has 1 N–H and O–H groups in total. The monoisotopic (exact) mass is 292 g/mol. The molecule has 0 unspecified atom stereocenters. The van der Waals surface area contributed by atoms with Gasteiger partial charge in [-0.25, -0.2) is 4.79 Å². The number of nitro benzene ring substituents is 1. The Kier molecular flexibility index (Phi) is 4.45. The van der Waals surface area contributed by atoms with E-state index in [0.29, 0.717) is 17.2 Å². The van der Waals surface area contributed by atoms with Crippen LogP contribution in [0.2, 0.25) is 0 Å². The number of benzene rings is 1. The first-order valence-corrected chi connectivity index (χ1v) is 7.21. The number of rotatable bonds is 7. The van der Waals surface area contributed by atoms with Gasteiger partial charge in [0.1, 0.15) is 0 Å². The van der Waals surface area contributed by atoms with Crippen LogP contribution in [0, 0.1) is 23.0 Å². The minimum absolute atomic E-state index is 0.0285. The maximum atomic E-state index is 11.2. The molecule has 1 fully saturated rings. The number of nitro groups is 1. The minimum Gasteiger partial charge on any atom is -0.478 e. The van der Waals surface area contributed by atoms with Gasteiger partial charge in [0.25, 0.3) is 5.69 Å². The van der Waals surface area contributed by atoms with Crippen molar-refractivity contribution in [1.82, 2.24) is 0 Å². The Labute approximate surface area is 123 Å². The predicted molar refractivity (Wildman–Crippen MR) is 80.0 cm³/mol. The molecule has 6 nitrogen and oxygen atoms in total. The minimum atomic E-state index is -1.14. The summed E-state index contributed by atoms with van der Waals surface area (Å²) in [6, 6.07) is 2.70. The normalized spacial score (nSPS) is 14.0. The third-order valence-electron chi connectivity index (χ3n) is 3.81. The van der Waals surface area contributed by atoms with E-state index in [1.165, 1.54) is 12.8 Å². The Morgan fingerprint density at radius 2 is 2.14 bits per heavy atom. The lowest BCUT2D eigenvalue weighted by atomic mass is 10.1. The molecule has 0 aliphatic heterocycles. The number of aromatic carboxylic acids is 1. The highest BCUT2D eigenvalue weighted by Crippen LogP contribution is 2.35. The van der Waals surface area contributed by atoms with Gasteiger partial charge in [-0.05, 0) is 38.2 Å². The Morgan fingerprint density at radius 1 is 1.48 bits per heavy atom. The van der Waals surface area contributed by atoms with E-state index in [9.17, 15) is 20.0 Å². The molecule has 1 aliphatic rings. The number of carboxylic acids is 1. The second kappa shape index (κ2) is 6.11. The van der Waals surface area contributed by atoms with Crippen LogP contribution in [0.25, 0.3) is 0 Å². The summed E-state index contributed by atoms with van der Waals surface area (Å²) in [5.74, 6) is -0.509. The molecule has 0 aromatic heterocycles. The molecule has 0 heterocycles. The molecular formula is C15H20N2O4. The van der Waals surface area contributed by atoms with Crippen LogP contribution in [0.3, 0.4) is 0 Å². The Balaban J connectivity index is 2.47. The van der Waals surface area contributed by atoms with Crippen LogP contribution in [-0.2, 0) is 0 Å². The van der Waals surface area contributed by atoms with Crippen LogP contribution >= 0.6 is 0 Å². The van der Waals surface area contributed by atoms with E-state index in [2.05, 4.69) is 4.90 Å². The molecule has 1 aliphatic carbocycles. The molecule has 1 saturated carbocycles. The Hall–Kier alpha value is -2.11. The first kappa shape index (κ1) is 15.3. The number of anilines is 1. The molecule has 0 bridgehead atoms. The predicted octanol–water partition coefficient (Wildman–Crippen LogP) is 3.23. The van der Waals surface area contributed by atoms with Crippen molar-refractivity contribution in [2.24, 2.45) is 5.92 Å². The molecule has 0 radical (unpaired) electrons. The first-order valence-electron chi connectivity index (χ1n) is 7.21. The summed E-state index contributed by atoms with van der Waals surface area (Å²) in [5.41, 5.74) is 1.07. The zero-order valence-electron chi connectivity index (χ0n) is 12.3. The summed E-state index contributed by atoms with van der Waals surface area (Å²) >= 11 is 0. The van der Waals surface area contributed by atoms with E-state index < -0.39 is 10.9 Å². The van der Waals surface area contributed by atoms with E-state index in [1.54, 1.807) is 13.0 Å². The average molecular weight is 292 g/mol. The van der Waals surface area contributed by atoms with Crippen LogP contribution in [0.4, 0.5) is 11.4 Å². The Morgan fingerprint density at radius 3 is 2.62 bits per heavy atom. The second-order valence-corrected chi connectivity index (χ2v) is 5.59. The lowest BCUT2D eigenvalue weighted by Crippen LogP contribution is -2.27. The van der Waals surface area contributed by atoms with Gasteiger partial charge in [-0.1, -0.05) is 6.92 Å². The molecule has 0 saturated heterocycles. The van der Waals surface area contributed by atoms with Gasteiger partial charge in [0.05, 0.1) is 16.1 Å². The van der Waals surface area contributed by atoms with Crippen molar-refractivity contribution < 1.29 is 14.8 Å². The number of carboxylic acid groups (broad SMARTS) is 1. The summed E-state index contributed by atoms with van der Waals surface area (Å²) in [5, 5.41) is 20.3. The number of carbonyl (C=O) groups is 1. The van der Waals surface area contributed by atoms with Gasteiger partial charge in [-0.15, -0.1) is 0 Å². The van der Waals surface area contributed by atoms with Gasteiger partial charge >= 0.3 is 5.97 Å². The molecule has 1 aromatic carbocycles. The molecule has 0 amide bonds. The summed E-state index contributed by atoms with van der Waals surface area (Å²) in [6.45, 7) is 5.35. The molecule has 114 valence electrons. The van der Waals surface area contributed by atoms with Gasteiger partial charge < -0.3 is 10.0 Å². The highest BCUT2D eigenvalue weighted by Gasteiger charge is 2.27. The lowest BCUT2D eigenvalue weighted by molar-refractivity contribution is -0.385. The van der Waals surface area contributed by atoms with Crippen molar-refractivity contribution in [3.05, 3.63) is 33.4 Å². The SMILES string of the molecule is CCCN(CC1CC1)c1cc(C(=O)O)cc([N+](=O)[O-])c1C. The molecular weight excluding hydrogens is 272 g/mol. The van der Waals surface area contributed by atoms with Gasteiger partial charge in [-0.3, -0.25) is 10.1 Å². The molecule has 0 spiro atoms. The Bertz CT molecular complexity index is 567. The maximum Gasteiger partial charge on any atom is 0.336 e. The summed E-state index contributed by atoms with van der Waals surface area (Å²) in [7, 11) is 0. The lowest BCUT2D eigenvalue weighted by Gasteiger charge is -2.26. The molecule has 1 aromatic rings. The van der Waals surface area contributed by atoms with E-state index in [4.69, 9.17) is 0 Å². The smallest absolute Gasteiger partial charge is 0.336 e. The van der Waals surface area contributed by atoms with Crippen LogP contribution in [-0.4, -0.2) is 29.1 Å². The number of nitrogens with zero attached hydrogens (tertiary/aromatic N) is 2. The molecule has 2 rings (SSSR count).